The van der Waals surface area contributed by atoms with E-state index in [1.807, 2.05) is 10.7 Å². The maximum atomic E-state index is 12.5. The number of fused-ring (bicyclic) bond motifs is 1. The Morgan fingerprint density at radius 2 is 1.68 bits per heavy atom. The highest BCUT2D eigenvalue weighted by Crippen LogP contribution is 2.28. The Labute approximate surface area is 150 Å². The number of aromatic nitrogens is 2. The average molecular weight is 345 g/mol. The SMILES string of the molecule is CN1CCC(NC2CCC(n3nc4c(cc3=O)CCCC4)CC2)CC1. The van der Waals surface area contributed by atoms with Crippen LogP contribution >= 0.6 is 0 Å². The standard InChI is InChI=1S/C20H32N4O/c1-23-12-10-17(11-13-23)21-16-6-8-18(9-7-16)24-20(25)14-15-4-2-3-5-19(15)22-24/h14,16-18,21H,2-13H2,1H3. The molecule has 3 aliphatic rings. The van der Waals surface area contributed by atoms with Crippen LogP contribution in [0.4, 0.5) is 0 Å². The summed E-state index contributed by atoms with van der Waals surface area (Å²) in [5.74, 6) is 0. The third-order valence-corrected chi connectivity index (χ3v) is 6.46. The van der Waals surface area contributed by atoms with Crippen molar-refractivity contribution in [3.8, 4) is 0 Å². The van der Waals surface area contributed by atoms with Gasteiger partial charge in [0.2, 0.25) is 0 Å². The first kappa shape index (κ1) is 17.2. The van der Waals surface area contributed by atoms with E-state index in [4.69, 9.17) is 5.10 Å². The summed E-state index contributed by atoms with van der Waals surface area (Å²) in [4.78, 5) is 14.9. The summed E-state index contributed by atoms with van der Waals surface area (Å²) in [6.07, 6.45) is 11.5. The zero-order chi connectivity index (χ0) is 17.2. The number of likely N-dealkylation sites (tertiary alicyclic amines) is 1. The fourth-order valence-corrected chi connectivity index (χ4v) is 4.83. The van der Waals surface area contributed by atoms with Crippen LogP contribution in [0.2, 0.25) is 0 Å². The van der Waals surface area contributed by atoms with Gasteiger partial charge in [-0.05, 0) is 89.9 Å². The quantitative estimate of drug-likeness (QED) is 0.914. The summed E-state index contributed by atoms with van der Waals surface area (Å²) in [5.41, 5.74) is 2.50. The van der Waals surface area contributed by atoms with Gasteiger partial charge in [0.25, 0.3) is 5.56 Å². The molecule has 2 aliphatic carbocycles. The number of hydrogen-bond donors (Lipinski definition) is 1. The lowest BCUT2D eigenvalue weighted by Crippen LogP contribution is -2.46. The summed E-state index contributed by atoms with van der Waals surface area (Å²) in [7, 11) is 2.21. The van der Waals surface area contributed by atoms with E-state index in [1.54, 1.807) is 0 Å². The summed E-state index contributed by atoms with van der Waals surface area (Å²) < 4.78 is 1.82. The molecule has 0 unspecified atom stereocenters. The fraction of sp³-hybridized carbons (Fsp3) is 0.800. The molecule has 1 saturated heterocycles. The Morgan fingerprint density at radius 1 is 1.00 bits per heavy atom. The van der Waals surface area contributed by atoms with E-state index in [9.17, 15) is 4.79 Å². The maximum absolute atomic E-state index is 12.5. The van der Waals surface area contributed by atoms with E-state index in [0.717, 1.165) is 25.7 Å². The predicted octanol–water partition coefficient (Wildman–Crippen LogP) is 2.29. The second kappa shape index (κ2) is 7.58. The van der Waals surface area contributed by atoms with Gasteiger partial charge in [0, 0.05) is 18.2 Å². The van der Waals surface area contributed by atoms with Gasteiger partial charge in [0.1, 0.15) is 0 Å². The highest BCUT2D eigenvalue weighted by molar-refractivity contribution is 5.20. The van der Waals surface area contributed by atoms with Crippen molar-refractivity contribution in [3.63, 3.8) is 0 Å². The first-order valence-electron chi connectivity index (χ1n) is 10.3. The van der Waals surface area contributed by atoms with E-state index in [-0.39, 0.29) is 5.56 Å². The van der Waals surface area contributed by atoms with E-state index in [0.29, 0.717) is 18.1 Å². The molecule has 0 amide bonds. The summed E-state index contributed by atoms with van der Waals surface area (Å²) >= 11 is 0. The molecule has 0 aromatic carbocycles. The average Bonchev–Trinajstić information content (AvgIpc) is 2.64. The Balaban J connectivity index is 1.35. The number of rotatable bonds is 3. The monoisotopic (exact) mass is 344 g/mol. The number of nitrogens with one attached hydrogen (secondary N) is 1. The van der Waals surface area contributed by atoms with Crippen molar-refractivity contribution in [2.75, 3.05) is 20.1 Å². The highest BCUT2D eigenvalue weighted by Gasteiger charge is 2.27. The van der Waals surface area contributed by atoms with Gasteiger partial charge in [0.05, 0.1) is 11.7 Å². The number of aryl methyl sites for hydroxylation is 2. The lowest BCUT2D eigenvalue weighted by atomic mass is 9.89. The molecule has 2 heterocycles. The van der Waals surface area contributed by atoms with Crippen LogP contribution in [-0.4, -0.2) is 46.9 Å². The molecule has 1 aromatic heterocycles. The van der Waals surface area contributed by atoms with E-state index >= 15 is 0 Å². The van der Waals surface area contributed by atoms with Gasteiger partial charge < -0.3 is 10.2 Å². The number of piperidine rings is 1. The molecule has 5 heteroatoms. The zero-order valence-corrected chi connectivity index (χ0v) is 15.5. The lowest BCUT2D eigenvalue weighted by molar-refractivity contribution is 0.199. The van der Waals surface area contributed by atoms with Crippen LogP contribution in [-0.2, 0) is 12.8 Å². The summed E-state index contributed by atoms with van der Waals surface area (Å²) in [6, 6.07) is 3.47. The van der Waals surface area contributed by atoms with Gasteiger partial charge >= 0.3 is 0 Å². The van der Waals surface area contributed by atoms with Gasteiger partial charge in [-0.3, -0.25) is 4.79 Å². The van der Waals surface area contributed by atoms with Crippen molar-refractivity contribution in [1.29, 1.82) is 0 Å². The molecular formula is C20H32N4O. The van der Waals surface area contributed by atoms with Crippen molar-refractivity contribution < 1.29 is 0 Å². The summed E-state index contributed by atoms with van der Waals surface area (Å²) in [5, 5.41) is 8.64. The Morgan fingerprint density at radius 3 is 2.44 bits per heavy atom. The molecule has 2 fully saturated rings. The molecule has 0 bridgehead atoms. The minimum absolute atomic E-state index is 0.118. The van der Waals surface area contributed by atoms with Crippen LogP contribution in [0.15, 0.2) is 10.9 Å². The topological polar surface area (TPSA) is 50.2 Å². The smallest absolute Gasteiger partial charge is 0.267 e. The van der Waals surface area contributed by atoms with Gasteiger partial charge in [-0.25, -0.2) is 4.68 Å². The van der Waals surface area contributed by atoms with Crippen LogP contribution in [0.3, 0.4) is 0 Å². The molecular weight excluding hydrogens is 312 g/mol. The first-order valence-corrected chi connectivity index (χ1v) is 10.3. The molecule has 1 aromatic rings. The van der Waals surface area contributed by atoms with Crippen LogP contribution in [0.25, 0.3) is 0 Å². The molecule has 4 rings (SSSR count). The van der Waals surface area contributed by atoms with Crippen molar-refractivity contribution in [2.45, 2.75) is 82.3 Å². The molecule has 5 nitrogen and oxygen atoms in total. The van der Waals surface area contributed by atoms with Gasteiger partial charge in [-0.1, -0.05) is 0 Å². The molecule has 0 radical (unpaired) electrons. The molecule has 0 spiro atoms. The lowest BCUT2D eigenvalue weighted by Gasteiger charge is -2.36. The maximum Gasteiger partial charge on any atom is 0.267 e. The zero-order valence-electron chi connectivity index (χ0n) is 15.5. The normalized spacial score (nSPS) is 28.7. The largest absolute Gasteiger partial charge is 0.311 e. The van der Waals surface area contributed by atoms with Crippen LogP contribution in [0, 0.1) is 0 Å². The second-order valence-corrected chi connectivity index (χ2v) is 8.36. The Kier molecular flexibility index (Phi) is 5.23. The van der Waals surface area contributed by atoms with Crippen molar-refractivity contribution in [1.82, 2.24) is 20.0 Å². The minimum atomic E-state index is 0.118. The molecule has 138 valence electrons. The Hall–Kier alpha value is -1.20. The minimum Gasteiger partial charge on any atom is -0.311 e. The van der Waals surface area contributed by atoms with E-state index in [1.165, 1.54) is 62.9 Å². The van der Waals surface area contributed by atoms with Crippen molar-refractivity contribution in [3.05, 3.63) is 27.7 Å². The van der Waals surface area contributed by atoms with E-state index in [2.05, 4.69) is 17.3 Å². The molecule has 1 N–H and O–H groups in total. The third-order valence-electron chi connectivity index (χ3n) is 6.46. The van der Waals surface area contributed by atoms with Crippen molar-refractivity contribution in [2.24, 2.45) is 0 Å². The highest BCUT2D eigenvalue weighted by atomic mass is 16.1. The van der Waals surface area contributed by atoms with Gasteiger partial charge in [0.15, 0.2) is 0 Å². The Bertz CT molecular complexity index is 640. The van der Waals surface area contributed by atoms with Crippen LogP contribution < -0.4 is 10.9 Å². The molecule has 0 atom stereocenters. The molecule has 1 saturated carbocycles. The number of nitrogens with zero attached hydrogens (tertiary/aromatic N) is 3. The number of hydrogen-bond acceptors (Lipinski definition) is 4. The van der Waals surface area contributed by atoms with Gasteiger partial charge in [-0.2, -0.15) is 5.10 Å². The van der Waals surface area contributed by atoms with Crippen LogP contribution in [0.1, 0.15) is 68.7 Å². The van der Waals surface area contributed by atoms with E-state index < -0.39 is 0 Å². The third kappa shape index (κ3) is 3.98. The second-order valence-electron chi connectivity index (χ2n) is 8.36. The summed E-state index contributed by atoms with van der Waals surface area (Å²) in [6.45, 7) is 2.42. The molecule has 1 aliphatic heterocycles. The van der Waals surface area contributed by atoms with Crippen LogP contribution in [0.5, 0.6) is 0 Å². The fourth-order valence-electron chi connectivity index (χ4n) is 4.83. The molecule has 25 heavy (non-hydrogen) atoms. The first-order chi connectivity index (χ1) is 12.2. The predicted molar refractivity (Wildman–Crippen MR) is 100 cm³/mol. The van der Waals surface area contributed by atoms with Crippen molar-refractivity contribution >= 4 is 0 Å². The van der Waals surface area contributed by atoms with Gasteiger partial charge in [-0.15, -0.1) is 0 Å².